The number of halogens is 20. The summed E-state index contributed by atoms with van der Waals surface area (Å²) in [6.45, 7) is 2.00. The summed E-state index contributed by atoms with van der Waals surface area (Å²) in [5.74, 6) is -78.4. The Morgan fingerprint density at radius 1 is 0.617 bits per heavy atom. The Morgan fingerprint density at radius 2 is 0.979 bits per heavy atom. The van der Waals surface area contributed by atoms with Crippen LogP contribution in [-0.2, 0) is 6.42 Å². The van der Waals surface area contributed by atoms with Crippen LogP contribution < -0.4 is 0 Å². The van der Waals surface area contributed by atoms with Gasteiger partial charge in [-0.15, -0.1) is 0 Å². The number of hydrogen-bond acceptors (Lipinski definition) is 4. The Hall–Kier alpha value is -3.38. The first-order chi connectivity index (χ1) is 20.5. The molecule has 0 bridgehead atoms. The van der Waals surface area contributed by atoms with E-state index in [4.69, 9.17) is 0 Å². The van der Waals surface area contributed by atoms with Crippen LogP contribution in [0.4, 0.5) is 99.2 Å². The average molecular weight is 738 g/mol. The standard InChI is InChI=1S/C21H14F20N2O4/c1-3-7(2)9-4-8(42(44)45)5-11(43(46)47)10(9)6-13(24,25)15(28,29)17(32,33)19(36,37)21(40,41)20(38,39)18(34,35)16(30,31)14(26,27)12(22)23/h4-5,7,12H,3,6H2,1-2H3. The van der Waals surface area contributed by atoms with Crippen molar-refractivity contribution in [1.82, 2.24) is 0 Å². The molecular formula is C21H14F20N2O4. The predicted octanol–water partition coefficient (Wildman–Crippen LogP) is 9.54. The van der Waals surface area contributed by atoms with Gasteiger partial charge in [0.25, 0.3) is 11.4 Å². The largest absolute Gasteiger partial charge is 0.385 e. The summed E-state index contributed by atoms with van der Waals surface area (Å²) >= 11 is 0. The highest BCUT2D eigenvalue weighted by molar-refractivity contribution is 5.55. The van der Waals surface area contributed by atoms with Crippen LogP contribution >= 0.6 is 0 Å². The molecule has 0 amide bonds. The Kier molecular flexibility index (Phi) is 10.6. The molecule has 1 atom stereocenters. The van der Waals surface area contributed by atoms with E-state index in [1.165, 1.54) is 0 Å². The quantitative estimate of drug-likeness (QED) is 0.102. The summed E-state index contributed by atoms with van der Waals surface area (Å²) in [6.07, 6.45) is -9.90. The van der Waals surface area contributed by atoms with Crippen LogP contribution in [0.25, 0.3) is 0 Å². The number of non-ortho nitro benzene ring substituents is 1. The summed E-state index contributed by atoms with van der Waals surface area (Å²) < 4.78 is 275. The van der Waals surface area contributed by atoms with Gasteiger partial charge in [0.2, 0.25) is 0 Å². The average Bonchev–Trinajstić information content (AvgIpc) is 2.90. The van der Waals surface area contributed by atoms with Gasteiger partial charge in [-0.05, 0) is 17.9 Å². The smallest absolute Gasteiger partial charge is 0.258 e. The zero-order valence-electron chi connectivity index (χ0n) is 22.3. The van der Waals surface area contributed by atoms with Crippen molar-refractivity contribution in [3.05, 3.63) is 43.5 Å². The molecule has 0 saturated heterocycles. The van der Waals surface area contributed by atoms with Crippen molar-refractivity contribution >= 4 is 11.4 Å². The molecular weight excluding hydrogens is 724 g/mol. The molecule has 1 rings (SSSR count). The molecule has 0 saturated carbocycles. The molecule has 0 aliphatic carbocycles. The van der Waals surface area contributed by atoms with Gasteiger partial charge in [0, 0.05) is 11.6 Å². The first-order valence-electron chi connectivity index (χ1n) is 11.6. The molecule has 0 aliphatic heterocycles. The fraction of sp³-hybridized carbons (Fsp3) is 0.714. The van der Waals surface area contributed by atoms with Gasteiger partial charge in [-0.2, -0.15) is 79.0 Å². The number of nitrogens with zero attached hydrogens (tertiary/aromatic N) is 2. The molecule has 47 heavy (non-hydrogen) atoms. The normalized spacial score (nSPS) is 15.6. The lowest BCUT2D eigenvalue weighted by molar-refractivity contribution is -0.465. The van der Waals surface area contributed by atoms with Crippen molar-refractivity contribution in [2.24, 2.45) is 0 Å². The lowest BCUT2D eigenvalue weighted by atomic mass is 9.83. The van der Waals surface area contributed by atoms with Gasteiger partial charge < -0.3 is 0 Å². The lowest BCUT2D eigenvalue weighted by Gasteiger charge is -2.44. The maximum atomic E-state index is 14.7. The van der Waals surface area contributed by atoms with Crippen molar-refractivity contribution in [3.63, 3.8) is 0 Å². The van der Waals surface area contributed by atoms with Gasteiger partial charge in [0.1, 0.15) is 0 Å². The number of rotatable bonds is 15. The Labute approximate surface area is 246 Å². The lowest BCUT2D eigenvalue weighted by Crippen LogP contribution is -2.76. The third-order valence-corrected chi connectivity index (χ3v) is 6.71. The summed E-state index contributed by atoms with van der Waals surface area (Å²) in [5, 5.41) is 22.4. The minimum Gasteiger partial charge on any atom is -0.258 e. The number of nitro groups is 2. The van der Waals surface area contributed by atoms with Crippen molar-refractivity contribution in [3.8, 4) is 0 Å². The van der Waals surface area contributed by atoms with Crippen LogP contribution in [0.2, 0.25) is 0 Å². The molecule has 1 aromatic rings. The van der Waals surface area contributed by atoms with E-state index < -0.39 is 104 Å². The highest BCUT2D eigenvalue weighted by Gasteiger charge is 2.96. The maximum Gasteiger partial charge on any atom is 0.385 e. The van der Waals surface area contributed by atoms with Crippen LogP contribution in [0.15, 0.2) is 12.1 Å². The fourth-order valence-corrected chi connectivity index (χ4v) is 3.68. The Bertz CT molecular complexity index is 1360. The van der Waals surface area contributed by atoms with Crippen molar-refractivity contribution < 1.29 is 97.7 Å². The second-order valence-corrected chi connectivity index (χ2v) is 9.68. The van der Waals surface area contributed by atoms with Crippen LogP contribution in [0.3, 0.4) is 0 Å². The van der Waals surface area contributed by atoms with Gasteiger partial charge in [0.15, 0.2) is 0 Å². The molecule has 272 valence electrons. The summed E-state index contributed by atoms with van der Waals surface area (Å²) in [5.41, 5.74) is -6.31. The van der Waals surface area contributed by atoms with E-state index in [1.54, 1.807) is 0 Å². The van der Waals surface area contributed by atoms with Gasteiger partial charge in [-0.25, -0.2) is 8.78 Å². The van der Waals surface area contributed by atoms with Crippen molar-refractivity contribution in [1.29, 1.82) is 0 Å². The zero-order valence-corrected chi connectivity index (χ0v) is 22.3. The molecule has 1 aromatic carbocycles. The predicted molar refractivity (Wildman–Crippen MR) is 113 cm³/mol. The van der Waals surface area contributed by atoms with Crippen LogP contribution in [0, 0.1) is 20.2 Å². The first-order valence-corrected chi connectivity index (χ1v) is 11.6. The van der Waals surface area contributed by atoms with E-state index in [1.807, 2.05) is 0 Å². The minimum absolute atomic E-state index is 0.170. The topological polar surface area (TPSA) is 86.3 Å². The molecule has 0 spiro atoms. The van der Waals surface area contributed by atoms with Crippen LogP contribution in [0.1, 0.15) is 37.3 Å². The van der Waals surface area contributed by atoms with E-state index in [0.717, 1.165) is 13.8 Å². The van der Waals surface area contributed by atoms with Crippen LogP contribution in [0.5, 0.6) is 0 Å². The Morgan fingerprint density at radius 3 is 1.30 bits per heavy atom. The van der Waals surface area contributed by atoms with Crippen LogP contribution in [-0.4, -0.2) is 69.6 Å². The molecule has 0 aliphatic rings. The van der Waals surface area contributed by atoms with Crippen molar-refractivity contribution in [2.75, 3.05) is 0 Å². The summed E-state index contributed by atoms with van der Waals surface area (Å²) in [7, 11) is 0. The highest BCUT2D eigenvalue weighted by atomic mass is 19.4. The fourth-order valence-electron chi connectivity index (χ4n) is 3.68. The number of alkyl halides is 20. The number of nitro benzene ring substituents is 2. The molecule has 1 unspecified atom stereocenters. The molecule has 0 aromatic heterocycles. The zero-order chi connectivity index (χ0) is 37.9. The third kappa shape index (κ3) is 5.85. The number of hydrogen-bond donors (Lipinski definition) is 0. The molecule has 0 N–H and O–H groups in total. The second-order valence-electron chi connectivity index (χ2n) is 9.68. The van der Waals surface area contributed by atoms with Gasteiger partial charge in [0.05, 0.1) is 22.3 Å². The SMILES string of the molecule is CCC(C)c1cc([N+](=O)[O-])cc([N+](=O)[O-])c1CC(F)(F)C(F)(F)C(F)(F)C(F)(F)C(F)(F)C(F)(F)C(F)(F)C(F)(F)C(F)(F)C(F)F. The second kappa shape index (κ2) is 11.9. The number of benzene rings is 1. The third-order valence-electron chi connectivity index (χ3n) is 6.71. The summed E-state index contributed by atoms with van der Waals surface area (Å²) in [4.78, 5) is 19.1. The monoisotopic (exact) mass is 738 g/mol. The molecule has 0 fully saturated rings. The van der Waals surface area contributed by atoms with Crippen molar-refractivity contribution in [2.45, 2.75) is 92.3 Å². The van der Waals surface area contributed by atoms with E-state index in [2.05, 4.69) is 0 Å². The molecule has 6 nitrogen and oxygen atoms in total. The molecule has 26 heteroatoms. The van der Waals surface area contributed by atoms with E-state index >= 15 is 0 Å². The van der Waals surface area contributed by atoms with E-state index in [-0.39, 0.29) is 18.6 Å². The van der Waals surface area contributed by atoms with E-state index in [9.17, 15) is 108 Å². The van der Waals surface area contributed by atoms with Gasteiger partial charge in [-0.1, -0.05) is 13.8 Å². The van der Waals surface area contributed by atoms with Gasteiger partial charge in [-0.3, -0.25) is 20.2 Å². The maximum absolute atomic E-state index is 14.7. The Balaban J connectivity index is 3.97. The first kappa shape index (κ1) is 41.6. The molecule has 0 radical (unpaired) electrons. The highest BCUT2D eigenvalue weighted by Crippen LogP contribution is 2.65. The van der Waals surface area contributed by atoms with Gasteiger partial charge >= 0.3 is 59.7 Å². The molecule has 0 heterocycles. The minimum atomic E-state index is -9.20. The van der Waals surface area contributed by atoms with E-state index in [0.29, 0.717) is 0 Å². The summed E-state index contributed by atoms with van der Waals surface area (Å²) in [6, 6.07) is -0.0715.